The molecular formula is C56H98O6. The molecule has 0 bridgehead atoms. The lowest BCUT2D eigenvalue weighted by molar-refractivity contribution is -0.167. The lowest BCUT2D eigenvalue weighted by Gasteiger charge is -2.18. The van der Waals surface area contributed by atoms with Gasteiger partial charge in [-0.15, -0.1) is 0 Å². The fourth-order valence-corrected chi connectivity index (χ4v) is 7.31. The van der Waals surface area contributed by atoms with E-state index in [2.05, 4.69) is 81.5 Å². The highest BCUT2D eigenvalue weighted by Gasteiger charge is 2.19. The first kappa shape index (κ1) is 59.1. The van der Waals surface area contributed by atoms with Gasteiger partial charge in [0, 0.05) is 19.3 Å². The Kier molecular flexibility index (Phi) is 48.4. The highest BCUT2D eigenvalue weighted by atomic mass is 16.6. The van der Waals surface area contributed by atoms with Crippen molar-refractivity contribution < 1.29 is 28.6 Å². The van der Waals surface area contributed by atoms with E-state index in [1.54, 1.807) is 0 Å². The zero-order valence-electron chi connectivity index (χ0n) is 40.9. The van der Waals surface area contributed by atoms with E-state index in [1.807, 2.05) is 0 Å². The van der Waals surface area contributed by atoms with Crippen molar-refractivity contribution in [3.8, 4) is 0 Å². The predicted molar refractivity (Wildman–Crippen MR) is 265 cm³/mol. The van der Waals surface area contributed by atoms with Crippen LogP contribution in [0, 0.1) is 0 Å². The highest BCUT2D eigenvalue weighted by molar-refractivity contribution is 5.71. The highest BCUT2D eigenvalue weighted by Crippen LogP contribution is 2.15. The van der Waals surface area contributed by atoms with Crippen molar-refractivity contribution in [1.82, 2.24) is 0 Å². The Balaban J connectivity index is 4.40. The average Bonchev–Trinajstić information content (AvgIpc) is 3.27. The van der Waals surface area contributed by atoms with E-state index in [9.17, 15) is 14.4 Å². The summed E-state index contributed by atoms with van der Waals surface area (Å²) in [5.41, 5.74) is 0. The Morgan fingerprint density at radius 2 is 0.629 bits per heavy atom. The molecule has 0 aliphatic rings. The number of esters is 3. The summed E-state index contributed by atoms with van der Waals surface area (Å²) in [7, 11) is 0. The van der Waals surface area contributed by atoms with Gasteiger partial charge in [-0.05, 0) is 83.5 Å². The van der Waals surface area contributed by atoms with Gasteiger partial charge in [0.15, 0.2) is 6.10 Å². The van der Waals surface area contributed by atoms with Crippen molar-refractivity contribution in [3.05, 3.63) is 60.8 Å². The maximum Gasteiger partial charge on any atom is 0.306 e. The minimum absolute atomic E-state index is 0.0905. The van der Waals surface area contributed by atoms with E-state index in [0.717, 1.165) is 77.0 Å². The molecule has 0 spiro atoms. The van der Waals surface area contributed by atoms with E-state index in [1.165, 1.54) is 135 Å². The average molecular weight is 867 g/mol. The summed E-state index contributed by atoms with van der Waals surface area (Å²) in [5, 5.41) is 0. The largest absolute Gasteiger partial charge is 0.462 e. The third-order valence-electron chi connectivity index (χ3n) is 11.3. The van der Waals surface area contributed by atoms with Crippen molar-refractivity contribution in [1.29, 1.82) is 0 Å². The van der Waals surface area contributed by atoms with Crippen LogP contribution in [-0.2, 0) is 28.6 Å². The molecule has 0 radical (unpaired) electrons. The quantitative estimate of drug-likeness (QED) is 0.0262. The van der Waals surface area contributed by atoms with Gasteiger partial charge in [0.2, 0.25) is 0 Å². The van der Waals surface area contributed by atoms with Crippen LogP contribution in [0.15, 0.2) is 60.8 Å². The molecule has 0 saturated heterocycles. The minimum atomic E-state index is -0.794. The second-order valence-corrected chi connectivity index (χ2v) is 17.4. The Morgan fingerprint density at radius 3 is 1.03 bits per heavy atom. The molecule has 0 heterocycles. The maximum absolute atomic E-state index is 12.8. The zero-order valence-corrected chi connectivity index (χ0v) is 40.9. The smallest absolute Gasteiger partial charge is 0.306 e. The molecule has 0 amide bonds. The topological polar surface area (TPSA) is 78.9 Å². The number of allylic oxidation sites excluding steroid dienone is 10. The monoisotopic (exact) mass is 867 g/mol. The summed E-state index contributed by atoms with van der Waals surface area (Å²) in [4.78, 5) is 37.9. The fraction of sp³-hybridized carbons (Fsp3) is 0.768. The van der Waals surface area contributed by atoms with Crippen molar-refractivity contribution in [2.75, 3.05) is 13.2 Å². The third kappa shape index (κ3) is 48.1. The van der Waals surface area contributed by atoms with Crippen molar-refractivity contribution >= 4 is 17.9 Å². The standard InChI is InChI=1S/C56H98O6/c1-4-7-10-13-16-19-22-24-26-27-28-30-31-34-37-40-43-46-49-55(58)61-52-53(51-60-54(57)48-45-42-39-36-33-21-18-15-12-9-6-3)62-56(59)50-47-44-41-38-35-32-29-25-23-20-17-14-11-8-5-2/h8,11,17,20,25-27,29,35,38,53H,4-7,9-10,12-16,18-19,21-24,28,30-34,36-37,39-52H2,1-3H3/b11-8-,20-17-,27-26-,29-25-,38-35-. The van der Waals surface area contributed by atoms with Crippen LogP contribution in [0.25, 0.3) is 0 Å². The molecule has 6 nitrogen and oxygen atoms in total. The van der Waals surface area contributed by atoms with Crippen LogP contribution in [0.2, 0.25) is 0 Å². The molecule has 0 aliphatic heterocycles. The molecule has 0 aliphatic carbocycles. The SMILES string of the molecule is CC/C=C\C/C=C\C/C=C\C/C=C\CCCCC(=O)OC(COC(=O)CCCCCCCCC/C=C\CCCCCCCCC)COC(=O)CCCCCCCCCCCCC. The van der Waals surface area contributed by atoms with Gasteiger partial charge in [-0.2, -0.15) is 0 Å². The zero-order chi connectivity index (χ0) is 45.1. The van der Waals surface area contributed by atoms with Gasteiger partial charge in [-0.3, -0.25) is 14.4 Å². The first-order chi connectivity index (χ1) is 30.5. The molecule has 62 heavy (non-hydrogen) atoms. The fourth-order valence-electron chi connectivity index (χ4n) is 7.31. The van der Waals surface area contributed by atoms with Crippen LogP contribution < -0.4 is 0 Å². The molecule has 1 atom stereocenters. The second kappa shape index (κ2) is 50.8. The van der Waals surface area contributed by atoms with E-state index < -0.39 is 6.10 Å². The molecule has 6 heteroatoms. The summed E-state index contributed by atoms with van der Waals surface area (Å²) in [6, 6.07) is 0. The number of rotatable bonds is 47. The molecule has 0 fully saturated rings. The Morgan fingerprint density at radius 1 is 0.339 bits per heavy atom. The second-order valence-electron chi connectivity index (χ2n) is 17.4. The molecule has 1 unspecified atom stereocenters. The molecule has 0 aromatic heterocycles. The summed E-state index contributed by atoms with van der Waals surface area (Å²) in [5.74, 6) is -0.932. The number of unbranched alkanes of at least 4 members (excludes halogenated alkanes) is 26. The summed E-state index contributed by atoms with van der Waals surface area (Å²) < 4.78 is 16.8. The number of carbonyl (C=O) groups is 3. The van der Waals surface area contributed by atoms with Crippen LogP contribution in [0.4, 0.5) is 0 Å². The molecule has 0 saturated carbocycles. The van der Waals surface area contributed by atoms with E-state index in [-0.39, 0.29) is 37.5 Å². The third-order valence-corrected chi connectivity index (χ3v) is 11.3. The molecule has 0 N–H and O–H groups in total. The van der Waals surface area contributed by atoms with E-state index in [0.29, 0.717) is 19.3 Å². The van der Waals surface area contributed by atoms with Crippen molar-refractivity contribution in [3.63, 3.8) is 0 Å². The van der Waals surface area contributed by atoms with Crippen molar-refractivity contribution in [2.24, 2.45) is 0 Å². The molecule has 358 valence electrons. The first-order valence-corrected chi connectivity index (χ1v) is 26.3. The Bertz CT molecular complexity index is 1130. The molecular weight excluding hydrogens is 769 g/mol. The summed E-state index contributed by atoms with van der Waals surface area (Å²) >= 11 is 0. The van der Waals surface area contributed by atoms with Gasteiger partial charge in [-0.1, -0.05) is 216 Å². The van der Waals surface area contributed by atoms with Crippen molar-refractivity contribution in [2.45, 2.75) is 264 Å². The summed E-state index contributed by atoms with van der Waals surface area (Å²) in [6.07, 6.45) is 62.1. The molecule has 0 rings (SSSR count). The van der Waals surface area contributed by atoms with Crippen LogP contribution >= 0.6 is 0 Å². The Labute approximate surface area is 383 Å². The first-order valence-electron chi connectivity index (χ1n) is 26.3. The van der Waals surface area contributed by atoms with Gasteiger partial charge in [-0.25, -0.2) is 0 Å². The lowest BCUT2D eigenvalue weighted by atomic mass is 10.1. The van der Waals surface area contributed by atoms with Gasteiger partial charge >= 0.3 is 17.9 Å². The minimum Gasteiger partial charge on any atom is -0.462 e. The predicted octanol–water partition coefficient (Wildman–Crippen LogP) is 17.3. The van der Waals surface area contributed by atoms with Gasteiger partial charge < -0.3 is 14.2 Å². The Hall–Kier alpha value is -2.89. The summed E-state index contributed by atoms with van der Waals surface area (Å²) in [6.45, 7) is 6.49. The van der Waals surface area contributed by atoms with Gasteiger partial charge in [0.1, 0.15) is 13.2 Å². The van der Waals surface area contributed by atoms with Crippen LogP contribution in [0.1, 0.15) is 258 Å². The number of ether oxygens (including phenoxy) is 3. The number of hydrogen-bond acceptors (Lipinski definition) is 6. The van der Waals surface area contributed by atoms with Gasteiger partial charge in [0.25, 0.3) is 0 Å². The van der Waals surface area contributed by atoms with E-state index >= 15 is 0 Å². The number of hydrogen-bond donors (Lipinski definition) is 0. The molecule has 0 aromatic rings. The van der Waals surface area contributed by atoms with Crippen LogP contribution in [0.5, 0.6) is 0 Å². The van der Waals surface area contributed by atoms with E-state index in [4.69, 9.17) is 14.2 Å². The van der Waals surface area contributed by atoms with Gasteiger partial charge in [0.05, 0.1) is 0 Å². The molecule has 0 aromatic carbocycles. The lowest BCUT2D eigenvalue weighted by Crippen LogP contribution is -2.30. The maximum atomic E-state index is 12.8. The van der Waals surface area contributed by atoms with Crippen LogP contribution in [0.3, 0.4) is 0 Å². The number of carbonyl (C=O) groups excluding carboxylic acids is 3. The van der Waals surface area contributed by atoms with Crippen LogP contribution in [-0.4, -0.2) is 37.2 Å². The normalized spacial score (nSPS) is 12.5.